The van der Waals surface area contributed by atoms with Gasteiger partial charge in [-0.2, -0.15) is 5.10 Å². The van der Waals surface area contributed by atoms with E-state index in [1.54, 1.807) is 6.92 Å². The molecule has 0 aliphatic carbocycles. The van der Waals surface area contributed by atoms with Crippen LogP contribution < -0.4 is 11.1 Å². The number of rotatable bonds is 6. The fourth-order valence-corrected chi connectivity index (χ4v) is 1.34. The highest BCUT2D eigenvalue weighted by Crippen LogP contribution is 2.04. The summed E-state index contributed by atoms with van der Waals surface area (Å²) in [4.78, 5) is 15.8. The number of nitrogens with two attached hydrogens (primary N) is 1. The van der Waals surface area contributed by atoms with Crippen LogP contribution in [0.25, 0.3) is 0 Å². The van der Waals surface area contributed by atoms with Crippen molar-refractivity contribution in [1.29, 1.82) is 0 Å². The summed E-state index contributed by atoms with van der Waals surface area (Å²) in [7, 11) is 0. The summed E-state index contributed by atoms with van der Waals surface area (Å²) in [5, 5.41) is 6.99. The van der Waals surface area contributed by atoms with Gasteiger partial charge in [-0.15, -0.1) is 0 Å². The van der Waals surface area contributed by atoms with Crippen molar-refractivity contribution in [3.63, 3.8) is 0 Å². The molecule has 1 aromatic rings. The van der Waals surface area contributed by atoms with Crippen LogP contribution >= 0.6 is 0 Å². The quantitative estimate of drug-likeness (QED) is 0.755. The maximum Gasteiger partial charge on any atom is 0.244 e. The minimum absolute atomic E-state index is 0.0425. The first-order valence-electron chi connectivity index (χ1n) is 5.92. The summed E-state index contributed by atoms with van der Waals surface area (Å²) in [6, 6.07) is -0.352. The maximum atomic E-state index is 11.8. The van der Waals surface area contributed by atoms with Crippen molar-refractivity contribution in [2.24, 2.45) is 11.7 Å². The highest BCUT2D eigenvalue weighted by Gasteiger charge is 2.15. The Hall–Kier alpha value is -1.43. The van der Waals surface area contributed by atoms with Crippen LogP contribution in [0.15, 0.2) is 6.33 Å². The molecule has 0 radical (unpaired) electrons. The number of nitrogens with zero attached hydrogens (tertiary/aromatic N) is 3. The number of aromatic nitrogens is 3. The van der Waals surface area contributed by atoms with E-state index >= 15 is 0 Å². The van der Waals surface area contributed by atoms with Crippen molar-refractivity contribution in [2.45, 2.75) is 39.8 Å². The van der Waals surface area contributed by atoms with E-state index in [0.717, 1.165) is 6.42 Å². The SMILES string of the molecule is CC(C)CCNC(=O)C(C)n1cnc(CN)n1. The molecule has 0 fully saturated rings. The van der Waals surface area contributed by atoms with Crippen molar-refractivity contribution in [1.82, 2.24) is 20.1 Å². The Morgan fingerprint density at radius 2 is 2.24 bits per heavy atom. The van der Waals surface area contributed by atoms with Crippen LogP contribution in [0.4, 0.5) is 0 Å². The van der Waals surface area contributed by atoms with Gasteiger partial charge >= 0.3 is 0 Å². The van der Waals surface area contributed by atoms with E-state index in [0.29, 0.717) is 18.3 Å². The molecule has 0 aliphatic heterocycles. The predicted octanol–water partition coefficient (Wildman–Crippen LogP) is 0.460. The van der Waals surface area contributed by atoms with Crippen molar-refractivity contribution >= 4 is 5.91 Å². The van der Waals surface area contributed by atoms with Gasteiger partial charge in [-0.1, -0.05) is 13.8 Å². The van der Waals surface area contributed by atoms with Gasteiger partial charge in [-0.05, 0) is 19.3 Å². The molecule has 0 aromatic carbocycles. The first-order valence-corrected chi connectivity index (χ1v) is 5.92. The zero-order valence-corrected chi connectivity index (χ0v) is 10.7. The fraction of sp³-hybridized carbons (Fsp3) is 0.727. The Kier molecular flexibility index (Phi) is 5.09. The molecule has 1 unspecified atom stereocenters. The van der Waals surface area contributed by atoms with Gasteiger partial charge in [0.2, 0.25) is 5.91 Å². The number of nitrogens with one attached hydrogen (secondary N) is 1. The summed E-state index contributed by atoms with van der Waals surface area (Å²) < 4.78 is 1.53. The Morgan fingerprint density at radius 3 is 2.76 bits per heavy atom. The molecule has 0 aliphatic rings. The first-order chi connectivity index (χ1) is 8.04. The molecule has 0 spiro atoms. The third-order valence-corrected chi connectivity index (χ3v) is 2.54. The van der Waals surface area contributed by atoms with E-state index in [1.807, 2.05) is 0 Å². The zero-order valence-electron chi connectivity index (χ0n) is 10.7. The molecule has 6 heteroatoms. The lowest BCUT2D eigenvalue weighted by Gasteiger charge is -2.12. The summed E-state index contributed by atoms with van der Waals surface area (Å²) in [6.45, 7) is 7.02. The Balaban J connectivity index is 2.45. The molecule has 0 saturated carbocycles. The fourth-order valence-electron chi connectivity index (χ4n) is 1.34. The third-order valence-electron chi connectivity index (χ3n) is 2.54. The average Bonchev–Trinajstić information content (AvgIpc) is 2.75. The Labute approximate surface area is 102 Å². The lowest BCUT2D eigenvalue weighted by atomic mass is 10.1. The molecule has 6 nitrogen and oxygen atoms in total. The van der Waals surface area contributed by atoms with Gasteiger partial charge in [0.25, 0.3) is 0 Å². The third kappa shape index (κ3) is 4.14. The zero-order chi connectivity index (χ0) is 12.8. The van der Waals surface area contributed by atoms with Crippen LogP contribution in [-0.4, -0.2) is 27.2 Å². The van der Waals surface area contributed by atoms with Crippen LogP contribution in [0.3, 0.4) is 0 Å². The van der Waals surface area contributed by atoms with Crippen LogP contribution in [0, 0.1) is 5.92 Å². The molecular weight excluding hydrogens is 218 g/mol. The number of amides is 1. The highest BCUT2D eigenvalue weighted by atomic mass is 16.2. The number of hydrogen-bond donors (Lipinski definition) is 2. The number of carbonyl (C=O) groups excluding carboxylic acids is 1. The topological polar surface area (TPSA) is 85.8 Å². The first kappa shape index (κ1) is 13.6. The van der Waals surface area contributed by atoms with Gasteiger partial charge < -0.3 is 11.1 Å². The van der Waals surface area contributed by atoms with Crippen LogP contribution in [0.5, 0.6) is 0 Å². The monoisotopic (exact) mass is 239 g/mol. The van der Waals surface area contributed by atoms with Gasteiger partial charge in [0.05, 0.1) is 6.54 Å². The lowest BCUT2D eigenvalue weighted by molar-refractivity contribution is -0.124. The van der Waals surface area contributed by atoms with Crippen molar-refractivity contribution < 1.29 is 4.79 Å². The second-order valence-corrected chi connectivity index (χ2v) is 4.49. The molecule has 1 rings (SSSR count). The smallest absolute Gasteiger partial charge is 0.244 e. The van der Waals surface area contributed by atoms with Crippen LogP contribution in [-0.2, 0) is 11.3 Å². The van der Waals surface area contributed by atoms with E-state index < -0.39 is 0 Å². The second-order valence-electron chi connectivity index (χ2n) is 4.49. The van der Waals surface area contributed by atoms with Crippen molar-refractivity contribution in [3.8, 4) is 0 Å². The van der Waals surface area contributed by atoms with Crippen LogP contribution in [0.2, 0.25) is 0 Å². The second kappa shape index (κ2) is 6.34. The largest absolute Gasteiger partial charge is 0.354 e. The molecule has 1 aromatic heterocycles. The minimum atomic E-state index is -0.352. The summed E-state index contributed by atoms with van der Waals surface area (Å²) in [5.74, 6) is 1.09. The molecule has 3 N–H and O–H groups in total. The summed E-state index contributed by atoms with van der Waals surface area (Å²) in [5.41, 5.74) is 5.41. The standard InChI is InChI=1S/C11H21N5O/c1-8(2)4-5-13-11(17)9(3)16-7-14-10(6-12)15-16/h7-9H,4-6,12H2,1-3H3,(H,13,17). The number of carbonyl (C=O) groups is 1. The highest BCUT2D eigenvalue weighted by molar-refractivity contribution is 5.79. The van der Waals surface area contributed by atoms with Gasteiger partial charge in [-0.3, -0.25) is 4.79 Å². The van der Waals surface area contributed by atoms with Gasteiger partial charge in [-0.25, -0.2) is 9.67 Å². The van der Waals surface area contributed by atoms with E-state index in [1.165, 1.54) is 11.0 Å². The molecule has 0 bridgehead atoms. The lowest BCUT2D eigenvalue weighted by Crippen LogP contribution is -2.32. The van der Waals surface area contributed by atoms with E-state index in [-0.39, 0.29) is 18.5 Å². The minimum Gasteiger partial charge on any atom is -0.354 e. The molecule has 0 saturated heterocycles. The average molecular weight is 239 g/mol. The molecule has 1 amide bonds. The maximum absolute atomic E-state index is 11.8. The molecule has 96 valence electrons. The van der Waals surface area contributed by atoms with E-state index in [9.17, 15) is 4.79 Å². The normalized spacial score (nSPS) is 12.8. The predicted molar refractivity (Wildman–Crippen MR) is 65.1 cm³/mol. The number of hydrogen-bond acceptors (Lipinski definition) is 4. The molecule has 1 heterocycles. The van der Waals surface area contributed by atoms with E-state index in [2.05, 4.69) is 29.2 Å². The summed E-state index contributed by atoms with van der Waals surface area (Å²) in [6.07, 6.45) is 2.51. The summed E-state index contributed by atoms with van der Waals surface area (Å²) >= 11 is 0. The Morgan fingerprint density at radius 1 is 1.53 bits per heavy atom. The molecule has 1 atom stereocenters. The molecule has 17 heavy (non-hydrogen) atoms. The van der Waals surface area contributed by atoms with E-state index in [4.69, 9.17) is 5.73 Å². The van der Waals surface area contributed by atoms with Gasteiger partial charge in [0.1, 0.15) is 12.4 Å². The van der Waals surface area contributed by atoms with Gasteiger partial charge in [0, 0.05) is 6.54 Å². The van der Waals surface area contributed by atoms with Crippen LogP contribution in [0.1, 0.15) is 39.1 Å². The Bertz CT molecular complexity index is 360. The van der Waals surface area contributed by atoms with Crippen molar-refractivity contribution in [3.05, 3.63) is 12.2 Å². The molecular formula is C11H21N5O. The van der Waals surface area contributed by atoms with Gasteiger partial charge in [0.15, 0.2) is 5.82 Å². The van der Waals surface area contributed by atoms with Crippen molar-refractivity contribution in [2.75, 3.05) is 6.54 Å².